The third-order valence-corrected chi connectivity index (χ3v) is 8.65. The first kappa shape index (κ1) is 16.2. The molecule has 4 rings (SSSR count). The van der Waals surface area contributed by atoms with Gasteiger partial charge >= 0.3 is 5.97 Å². The minimum Gasteiger partial charge on any atom is -0.481 e. The van der Waals surface area contributed by atoms with Crippen LogP contribution in [0.25, 0.3) is 0 Å². The van der Waals surface area contributed by atoms with Crippen LogP contribution in [-0.4, -0.2) is 22.5 Å². The van der Waals surface area contributed by atoms with Crippen molar-refractivity contribution in [1.82, 2.24) is 5.32 Å². The van der Waals surface area contributed by atoms with Crippen molar-refractivity contribution in [3.63, 3.8) is 0 Å². The number of nitrogens with one attached hydrogen (secondary N) is 1. The average Bonchev–Trinajstić information content (AvgIpc) is 2.86. The first-order valence-corrected chi connectivity index (χ1v) is 9.45. The van der Waals surface area contributed by atoms with E-state index in [1.54, 1.807) is 6.08 Å². The molecule has 4 aliphatic rings. The van der Waals surface area contributed by atoms with Gasteiger partial charge in [0, 0.05) is 11.0 Å². The van der Waals surface area contributed by atoms with E-state index in [0.717, 1.165) is 38.5 Å². The summed E-state index contributed by atoms with van der Waals surface area (Å²) >= 11 is 0. The van der Waals surface area contributed by atoms with Crippen LogP contribution in [0.5, 0.6) is 0 Å². The lowest BCUT2D eigenvalue weighted by Gasteiger charge is -2.62. The van der Waals surface area contributed by atoms with Crippen LogP contribution in [0.4, 0.5) is 0 Å². The van der Waals surface area contributed by atoms with E-state index in [0.29, 0.717) is 17.8 Å². The Kier molecular flexibility index (Phi) is 3.27. The Bertz CT molecular complexity index is 628. The van der Waals surface area contributed by atoms with Crippen molar-refractivity contribution in [1.29, 1.82) is 0 Å². The van der Waals surface area contributed by atoms with E-state index in [4.69, 9.17) is 0 Å². The minimum atomic E-state index is -0.602. The summed E-state index contributed by atoms with van der Waals surface area (Å²) in [4.78, 5) is 23.7. The summed E-state index contributed by atoms with van der Waals surface area (Å²) in [7, 11) is 0. The smallest absolute Gasteiger partial charge is 0.307 e. The van der Waals surface area contributed by atoms with Gasteiger partial charge < -0.3 is 10.4 Å². The van der Waals surface area contributed by atoms with Gasteiger partial charge in [-0.05, 0) is 74.7 Å². The number of fused-ring (bicyclic) bond motifs is 5. The number of amides is 1. The van der Waals surface area contributed by atoms with Crippen molar-refractivity contribution in [3.8, 4) is 0 Å². The molecule has 132 valence electrons. The maximum absolute atomic E-state index is 11.9. The van der Waals surface area contributed by atoms with Crippen LogP contribution in [0.2, 0.25) is 0 Å². The summed E-state index contributed by atoms with van der Waals surface area (Å²) in [5.74, 6) is 0.900. The van der Waals surface area contributed by atoms with Crippen molar-refractivity contribution in [2.75, 3.05) is 0 Å². The summed E-state index contributed by atoms with van der Waals surface area (Å²) in [5.41, 5.74) is -0.232. The van der Waals surface area contributed by atoms with Gasteiger partial charge in [-0.2, -0.15) is 0 Å². The van der Waals surface area contributed by atoms with Crippen molar-refractivity contribution < 1.29 is 14.7 Å². The van der Waals surface area contributed by atoms with Crippen LogP contribution in [-0.2, 0) is 9.59 Å². The van der Waals surface area contributed by atoms with Crippen molar-refractivity contribution in [2.45, 2.75) is 64.8 Å². The molecule has 3 fully saturated rings. The van der Waals surface area contributed by atoms with E-state index in [1.807, 2.05) is 0 Å². The summed E-state index contributed by atoms with van der Waals surface area (Å²) in [6.07, 6.45) is 9.94. The molecule has 1 amide bonds. The highest BCUT2D eigenvalue weighted by molar-refractivity contribution is 5.89. The number of carbonyl (C=O) groups is 2. The maximum Gasteiger partial charge on any atom is 0.307 e. The van der Waals surface area contributed by atoms with Gasteiger partial charge in [-0.15, -0.1) is 0 Å². The summed E-state index contributed by atoms with van der Waals surface area (Å²) in [6, 6.07) is 0. The Hall–Kier alpha value is -1.32. The molecule has 3 aliphatic carbocycles. The molecule has 0 aromatic heterocycles. The second kappa shape index (κ2) is 4.86. The monoisotopic (exact) mass is 331 g/mol. The lowest BCUT2D eigenvalue weighted by molar-refractivity contribution is -0.151. The van der Waals surface area contributed by atoms with Crippen molar-refractivity contribution in [3.05, 3.63) is 12.2 Å². The number of rotatable bonds is 1. The second-order valence-corrected chi connectivity index (χ2v) is 9.37. The molecule has 0 spiro atoms. The second-order valence-electron chi connectivity index (χ2n) is 9.37. The molecule has 24 heavy (non-hydrogen) atoms. The quantitative estimate of drug-likeness (QED) is 0.774. The molecule has 1 heterocycles. The van der Waals surface area contributed by atoms with Crippen LogP contribution >= 0.6 is 0 Å². The van der Waals surface area contributed by atoms with Gasteiger partial charge in [0.2, 0.25) is 5.91 Å². The minimum absolute atomic E-state index is 0.0214. The van der Waals surface area contributed by atoms with E-state index in [1.165, 1.54) is 0 Å². The predicted octanol–water partition coefficient (Wildman–Crippen LogP) is 3.37. The van der Waals surface area contributed by atoms with Gasteiger partial charge in [-0.3, -0.25) is 9.59 Å². The molecule has 4 nitrogen and oxygen atoms in total. The van der Waals surface area contributed by atoms with Crippen LogP contribution in [0, 0.1) is 34.5 Å². The highest BCUT2D eigenvalue weighted by atomic mass is 16.4. The average molecular weight is 331 g/mol. The first-order chi connectivity index (χ1) is 11.2. The molecular formula is C20H29NO3. The van der Waals surface area contributed by atoms with E-state index in [-0.39, 0.29) is 28.2 Å². The number of hydrogen-bond donors (Lipinski definition) is 2. The van der Waals surface area contributed by atoms with Gasteiger partial charge in [0.1, 0.15) is 0 Å². The third-order valence-electron chi connectivity index (χ3n) is 8.65. The standard InChI is InChI=1S/C20H29NO3/c1-18-9-7-14-12(13(18)4-5-15(18)17(23)24)6-11-20(3)19(14,2)10-8-16(22)21-20/h8,10,12-15H,4-7,9,11H2,1-3H3,(H,21,22)(H,23,24)/t12?,13?,14?,15-,18+,19-,20-/m1/s1. The third kappa shape index (κ3) is 1.86. The van der Waals surface area contributed by atoms with Gasteiger partial charge in [0.25, 0.3) is 0 Å². The summed E-state index contributed by atoms with van der Waals surface area (Å²) in [6.45, 7) is 6.74. The number of hydrogen-bond acceptors (Lipinski definition) is 2. The SMILES string of the molecule is C[C@]12CCC3C(CC[C@@]4(C)NC(=O)C=C[C@]34C)C1CC[C@@H]2C(=O)O. The Labute approximate surface area is 144 Å². The lowest BCUT2D eigenvalue weighted by atomic mass is 9.45. The molecule has 3 unspecified atom stereocenters. The Morgan fingerprint density at radius 2 is 1.88 bits per heavy atom. The fourth-order valence-corrected chi connectivity index (χ4v) is 7.04. The molecule has 0 bridgehead atoms. The molecule has 7 atom stereocenters. The number of aliphatic carboxylic acids is 1. The fourth-order valence-electron chi connectivity index (χ4n) is 7.04. The van der Waals surface area contributed by atoms with Gasteiger partial charge in [-0.1, -0.05) is 19.9 Å². The Balaban J connectivity index is 1.70. The molecule has 0 saturated heterocycles. The zero-order chi connectivity index (χ0) is 17.3. The summed E-state index contributed by atoms with van der Waals surface area (Å²) in [5, 5.41) is 12.9. The largest absolute Gasteiger partial charge is 0.481 e. The highest BCUT2D eigenvalue weighted by Crippen LogP contribution is 2.66. The maximum atomic E-state index is 11.9. The topological polar surface area (TPSA) is 66.4 Å². The lowest BCUT2D eigenvalue weighted by Crippen LogP contribution is -2.66. The molecule has 4 heteroatoms. The molecule has 1 aliphatic heterocycles. The molecule has 2 N–H and O–H groups in total. The fraction of sp³-hybridized carbons (Fsp3) is 0.800. The van der Waals surface area contributed by atoms with E-state index >= 15 is 0 Å². The van der Waals surface area contributed by atoms with E-state index in [9.17, 15) is 14.7 Å². The van der Waals surface area contributed by atoms with Crippen LogP contribution in [0.1, 0.15) is 59.3 Å². The number of carboxylic acid groups (broad SMARTS) is 1. The van der Waals surface area contributed by atoms with Crippen LogP contribution in [0.15, 0.2) is 12.2 Å². The van der Waals surface area contributed by atoms with Gasteiger partial charge in [0.15, 0.2) is 0 Å². The number of carboxylic acids is 1. The van der Waals surface area contributed by atoms with E-state index in [2.05, 4.69) is 32.2 Å². The van der Waals surface area contributed by atoms with Crippen LogP contribution in [0.3, 0.4) is 0 Å². The zero-order valence-electron chi connectivity index (χ0n) is 15.0. The Morgan fingerprint density at radius 1 is 1.12 bits per heavy atom. The van der Waals surface area contributed by atoms with Gasteiger partial charge in [0.05, 0.1) is 5.92 Å². The molecule has 0 aromatic rings. The Morgan fingerprint density at radius 3 is 2.58 bits per heavy atom. The van der Waals surface area contributed by atoms with Gasteiger partial charge in [-0.25, -0.2) is 0 Å². The highest BCUT2D eigenvalue weighted by Gasteiger charge is 2.63. The predicted molar refractivity (Wildman–Crippen MR) is 91.2 cm³/mol. The molecule has 0 radical (unpaired) electrons. The van der Waals surface area contributed by atoms with E-state index < -0.39 is 5.97 Å². The number of carbonyl (C=O) groups excluding carboxylic acids is 1. The zero-order valence-corrected chi connectivity index (χ0v) is 15.0. The van der Waals surface area contributed by atoms with Crippen LogP contribution < -0.4 is 5.32 Å². The molecule has 0 aromatic carbocycles. The molecule has 3 saturated carbocycles. The molecular weight excluding hydrogens is 302 g/mol. The van der Waals surface area contributed by atoms with Crippen molar-refractivity contribution in [2.24, 2.45) is 34.5 Å². The van der Waals surface area contributed by atoms with Crippen molar-refractivity contribution >= 4 is 11.9 Å². The first-order valence-electron chi connectivity index (χ1n) is 9.45. The normalized spacial score (nSPS) is 52.9. The summed E-state index contributed by atoms with van der Waals surface area (Å²) < 4.78 is 0.